The molecule has 1 N–H and O–H groups in total. The second-order valence-corrected chi connectivity index (χ2v) is 7.42. The largest absolute Gasteiger partial charge is 0.504 e. The number of ether oxygens (including phenoxy) is 2. The van der Waals surface area contributed by atoms with E-state index in [2.05, 4.69) is 0 Å². The molecular formula is C23H16Cl2O5. The number of hydrogen-bond acceptors (Lipinski definition) is 5. The lowest BCUT2D eigenvalue weighted by Gasteiger charge is -2.11. The van der Waals surface area contributed by atoms with Gasteiger partial charge in [-0.05, 0) is 47.5 Å². The Kier molecular flexibility index (Phi) is 5.84. The predicted molar refractivity (Wildman–Crippen MR) is 116 cm³/mol. The molecule has 7 heteroatoms. The maximum absolute atomic E-state index is 12.6. The molecule has 0 aliphatic heterocycles. The van der Waals surface area contributed by atoms with Gasteiger partial charge in [-0.2, -0.15) is 0 Å². The first-order valence-electron chi connectivity index (χ1n) is 9.04. The van der Waals surface area contributed by atoms with E-state index in [1.165, 1.54) is 12.1 Å². The molecule has 5 nitrogen and oxygen atoms in total. The van der Waals surface area contributed by atoms with Gasteiger partial charge in [-0.1, -0.05) is 47.5 Å². The van der Waals surface area contributed by atoms with E-state index in [4.69, 9.17) is 37.1 Å². The molecule has 30 heavy (non-hydrogen) atoms. The van der Waals surface area contributed by atoms with Crippen LogP contribution in [0, 0.1) is 0 Å². The lowest BCUT2D eigenvalue weighted by atomic mass is 10.2. The fourth-order valence-corrected chi connectivity index (χ4v) is 3.24. The molecule has 4 aromatic rings. The van der Waals surface area contributed by atoms with Crippen LogP contribution in [0.25, 0.3) is 11.0 Å². The Bertz CT molecular complexity index is 1250. The number of aromatic hydroxyl groups is 1. The van der Waals surface area contributed by atoms with Crippen molar-refractivity contribution in [2.75, 3.05) is 0 Å². The zero-order chi connectivity index (χ0) is 21.1. The number of rotatable bonds is 6. The van der Waals surface area contributed by atoms with Crippen LogP contribution in [0.1, 0.15) is 11.1 Å². The smallest absolute Gasteiger partial charge is 0.289 e. The Hall–Kier alpha value is -3.15. The molecule has 0 saturated heterocycles. The van der Waals surface area contributed by atoms with Gasteiger partial charge in [0.25, 0.3) is 5.95 Å². The molecule has 0 spiro atoms. The van der Waals surface area contributed by atoms with E-state index in [1.807, 2.05) is 24.3 Å². The van der Waals surface area contributed by atoms with Gasteiger partial charge in [-0.3, -0.25) is 4.79 Å². The highest BCUT2D eigenvalue weighted by atomic mass is 35.5. The van der Waals surface area contributed by atoms with E-state index in [1.54, 1.807) is 30.3 Å². The molecular weight excluding hydrogens is 427 g/mol. The number of phenolic OH excluding ortho intramolecular Hbond substituents is 1. The summed E-state index contributed by atoms with van der Waals surface area (Å²) in [6.07, 6.45) is 0. The number of fused-ring (bicyclic) bond motifs is 1. The van der Waals surface area contributed by atoms with Crippen LogP contribution in [0.5, 0.6) is 17.4 Å². The molecule has 4 rings (SSSR count). The number of hydrogen-bond donors (Lipinski definition) is 1. The Labute approximate surface area is 182 Å². The molecule has 152 valence electrons. The Morgan fingerprint density at radius 1 is 0.833 bits per heavy atom. The third-order valence-corrected chi connectivity index (χ3v) is 4.87. The summed E-state index contributed by atoms with van der Waals surface area (Å²) in [5.74, 6) is -0.0633. The molecule has 0 amide bonds. The van der Waals surface area contributed by atoms with E-state index in [9.17, 15) is 9.90 Å². The average Bonchev–Trinajstić information content (AvgIpc) is 2.73. The van der Waals surface area contributed by atoms with Crippen molar-refractivity contribution in [2.24, 2.45) is 0 Å². The zero-order valence-electron chi connectivity index (χ0n) is 15.6. The molecule has 1 heterocycles. The first kappa shape index (κ1) is 20.1. The maximum Gasteiger partial charge on any atom is 0.289 e. The molecule has 0 bridgehead atoms. The molecule has 3 aromatic carbocycles. The summed E-state index contributed by atoms with van der Waals surface area (Å²) < 4.78 is 16.8. The third-order valence-electron chi connectivity index (χ3n) is 4.39. The van der Waals surface area contributed by atoms with Crippen molar-refractivity contribution in [3.63, 3.8) is 0 Å². The molecule has 0 aliphatic carbocycles. The summed E-state index contributed by atoms with van der Waals surface area (Å²) in [4.78, 5) is 12.6. The van der Waals surface area contributed by atoms with Crippen molar-refractivity contribution in [1.29, 1.82) is 0 Å². The fourth-order valence-electron chi connectivity index (χ4n) is 2.90. The van der Waals surface area contributed by atoms with Gasteiger partial charge in [0.05, 0.1) is 6.07 Å². The standard InChI is InChI=1S/C23H16Cl2O5/c24-16-6-4-14(5-7-16)12-29-21-11-18(26)22-19(30-21)8-9-20(23(22)27)28-13-15-2-1-3-17(25)10-15/h1-11,27H,12-13H2. The average molecular weight is 443 g/mol. The van der Waals surface area contributed by atoms with Gasteiger partial charge in [0.15, 0.2) is 11.5 Å². The monoisotopic (exact) mass is 442 g/mol. The van der Waals surface area contributed by atoms with E-state index in [-0.39, 0.29) is 41.6 Å². The van der Waals surface area contributed by atoms with E-state index in [0.717, 1.165) is 11.1 Å². The van der Waals surface area contributed by atoms with Crippen LogP contribution < -0.4 is 14.9 Å². The maximum atomic E-state index is 12.6. The summed E-state index contributed by atoms with van der Waals surface area (Å²) in [6.45, 7) is 0.395. The Morgan fingerprint density at radius 2 is 1.60 bits per heavy atom. The summed E-state index contributed by atoms with van der Waals surface area (Å²) in [7, 11) is 0. The first-order valence-corrected chi connectivity index (χ1v) is 9.79. The number of benzene rings is 3. The second kappa shape index (κ2) is 8.69. The third kappa shape index (κ3) is 4.53. The minimum Gasteiger partial charge on any atom is -0.504 e. The van der Waals surface area contributed by atoms with Crippen LogP contribution in [0.15, 0.2) is 75.9 Å². The normalized spacial score (nSPS) is 10.9. The van der Waals surface area contributed by atoms with Gasteiger partial charge in [0.1, 0.15) is 24.2 Å². The highest BCUT2D eigenvalue weighted by molar-refractivity contribution is 6.30. The van der Waals surface area contributed by atoms with Crippen molar-refractivity contribution in [2.45, 2.75) is 13.2 Å². The van der Waals surface area contributed by atoms with Crippen molar-refractivity contribution in [3.05, 3.63) is 98.1 Å². The van der Waals surface area contributed by atoms with Gasteiger partial charge < -0.3 is 19.0 Å². The van der Waals surface area contributed by atoms with Crippen molar-refractivity contribution in [3.8, 4) is 17.4 Å². The van der Waals surface area contributed by atoms with Gasteiger partial charge in [-0.15, -0.1) is 0 Å². The fraction of sp³-hybridized carbons (Fsp3) is 0.0870. The molecule has 0 fully saturated rings. The molecule has 0 aliphatic rings. The van der Waals surface area contributed by atoms with E-state index < -0.39 is 5.43 Å². The van der Waals surface area contributed by atoms with Gasteiger partial charge >= 0.3 is 0 Å². The van der Waals surface area contributed by atoms with Crippen LogP contribution in [-0.4, -0.2) is 5.11 Å². The molecule has 0 atom stereocenters. The summed E-state index contributed by atoms with van der Waals surface area (Å²) in [5.41, 5.74) is 1.46. The van der Waals surface area contributed by atoms with E-state index >= 15 is 0 Å². The zero-order valence-corrected chi connectivity index (χ0v) is 17.1. The van der Waals surface area contributed by atoms with Crippen LogP contribution >= 0.6 is 23.2 Å². The number of phenols is 1. The summed E-state index contributed by atoms with van der Waals surface area (Å²) in [6, 6.07) is 18.6. The van der Waals surface area contributed by atoms with Crippen molar-refractivity contribution in [1.82, 2.24) is 0 Å². The highest BCUT2D eigenvalue weighted by Gasteiger charge is 2.15. The lowest BCUT2D eigenvalue weighted by molar-refractivity contribution is 0.235. The molecule has 0 radical (unpaired) electrons. The van der Waals surface area contributed by atoms with Gasteiger partial charge in [0, 0.05) is 10.0 Å². The SMILES string of the molecule is O=c1cc(OCc2ccc(Cl)cc2)oc2ccc(OCc3cccc(Cl)c3)c(O)c12. The second-order valence-electron chi connectivity index (χ2n) is 6.55. The molecule has 0 unspecified atom stereocenters. The number of halogens is 2. The summed E-state index contributed by atoms with van der Waals surface area (Å²) >= 11 is 11.8. The Balaban J connectivity index is 1.54. The minimum atomic E-state index is -0.437. The molecule has 1 aromatic heterocycles. The summed E-state index contributed by atoms with van der Waals surface area (Å²) in [5, 5.41) is 11.8. The lowest BCUT2D eigenvalue weighted by Crippen LogP contribution is -2.04. The van der Waals surface area contributed by atoms with Crippen molar-refractivity contribution < 1.29 is 19.0 Å². The predicted octanol–water partition coefficient (Wildman–Crippen LogP) is 5.96. The van der Waals surface area contributed by atoms with Gasteiger partial charge in [-0.25, -0.2) is 0 Å². The first-order chi connectivity index (χ1) is 14.5. The quantitative estimate of drug-likeness (QED) is 0.398. The van der Waals surface area contributed by atoms with E-state index in [0.29, 0.717) is 10.0 Å². The van der Waals surface area contributed by atoms with Crippen LogP contribution in [0.4, 0.5) is 0 Å². The molecule has 0 saturated carbocycles. The van der Waals surface area contributed by atoms with Crippen LogP contribution in [0.2, 0.25) is 10.0 Å². The van der Waals surface area contributed by atoms with Crippen LogP contribution in [0.3, 0.4) is 0 Å². The topological polar surface area (TPSA) is 68.9 Å². The van der Waals surface area contributed by atoms with Crippen LogP contribution in [-0.2, 0) is 13.2 Å². The minimum absolute atomic E-state index is 0.0254. The van der Waals surface area contributed by atoms with Crippen molar-refractivity contribution >= 4 is 34.2 Å². The van der Waals surface area contributed by atoms with Gasteiger partial charge in [0.2, 0.25) is 5.43 Å². The Morgan fingerprint density at radius 3 is 2.37 bits per heavy atom. The highest BCUT2D eigenvalue weighted by Crippen LogP contribution is 2.34.